The number of unbranched alkanes of at least 4 members (excludes halogenated alkanes) is 1. The minimum Gasteiger partial charge on any atom is -0.477 e. The second-order valence-electron chi connectivity index (χ2n) is 4.94. The van der Waals surface area contributed by atoms with Crippen molar-refractivity contribution < 1.29 is 4.74 Å². The fourth-order valence-corrected chi connectivity index (χ4v) is 2.51. The van der Waals surface area contributed by atoms with E-state index in [2.05, 4.69) is 37.8 Å². The molecule has 1 fully saturated rings. The van der Waals surface area contributed by atoms with Crippen LogP contribution in [0.4, 0.5) is 0 Å². The van der Waals surface area contributed by atoms with E-state index in [0.29, 0.717) is 0 Å². The topological polar surface area (TPSA) is 15.8 Å². The van der Waals surface area contributed by atoms with Gasteiger partial charge in [0.25, 0.3) is 0 Å². The molecule has 1 atom stereocenters. The van der Waals surface area contributed by atoms with Crippen molar-refractivity contribution in [2.24, 2.45) is 0 Å². The molecule has 0 aromatic rings. The van der Waals surface area contributed by atoms with Gasteiger partial charge in [-0.05, 0) is 32.0 Å². The molecule has 1 heterocycles. The standard InChI is InChI=1S/C14H23NO/c1-4-6-10-15(5-2)11-14-9-7-8-12(3)13(14)16-14/h7-8H,4-6,9-11H2,1-3H3. The van der Waals surface area contributed by atoms with Crippen LogP contribution in [0.3, 0.4) is 0 Å². The summed E-state index contributed by atoms with van der Waals surface area (Å²) in [6.07, 6.45) is 8.05. The molecule has 0 aromatic carbocycles. The van der Waals surface area contributed by atoms with Gasteiger partial charge in [0.05, 0.1) is 0 Å². The number of nitrogens with zero attached hydrogens (tertiary/aromatic N) is 1. The van der Waals surface area contributed by atoms with Crippen LogP contribution in [0, 0.1) is 0 Å². The van der Waals surface area contributed by atoms with Gasteiger partial charge < -0.3 is 4.74 Å². The molecule has 0 aromatic heterocycles. The Morgan fingerprint density at radius 2 is 2.25 bits per heavy atom. The van der Waals surface area contributed by atoms with Crippen LogP contribution < -0.4 is 0 Å². The van der Waals surface area contributed by atoms with Crippen molar-refractivity contribution in [1.29, 1.82) is 0 Å². The summed E-state index contributed by atoms with van der Waals surface area (Å²) < 4.78 is 5.87. The molecule has 1 aliphatic carbocycles. The van der Waals surface area contributed by atoms with E-state index in [4.69, 9.17) is 4.74 Å². The molecule has 2 heteroatoms. The zero-order chi connectivity index (χ0) is 11.6. The Kier molecular flexibility index (Phi) is 3.38. The monoisotopic (exact) mass is 221 g/mol. The van der Waals surface area contributed by atoms with E-state index in [1.54, 1.807) is 0 Å². The van der Waals surface area contributed by atoms with Gasteiger partial charge in [0.1, 0.15) is 5.76 Å². The summed E-state index contributed by atoms with van der Waals surface area (Å²) in [6.45, 7) is 10.0. The van der Waals surface area contributed by atoms with Crippen LogP contribution in [-0.2, 0) is 4.74 Å². The maximum Gasteiger partial charge on any atom is 0.181 e. The van der Waals surface area contributed by atoms with E-state index in [9.17, 15) is 0 Å². The van der Waals surface area contributed by atoms with Crippen LogP contribution in [-0.4, -0.2) is 30.1 Å². The summed E-state index contributed by atoms with van der Waals surface area (Å²) in [5.74, 6) is 1.24. The van der Waals surface area contributed by atoms with Gasteiger partial charge in [-0.3, -0.25) is 4.90 Å². The summed E-state index contributed by atoms with van der Waals surface area (Å²) in [5, 5.41) is 0. The molecule has 2 nitrogen and oxygen atoms in total. The number of fused-ring (bicyclic) bond motifs is 1. The van der Waals surface area contributed by atoms with Crippen LogP contribution in [0.1, 0.15) is 40.0 Å². The van der Waals surface area contributed by atoms with Crippen LogP contribution in [0.15, 0.2) is 23.5 Å². The first-order valence-electron chi connectivity index (χ1n) is 6.51. The second kappa shape index (κ2) is 4.62. The summed E-state index contributed by atoms with van der Waals surface area (Å²) in [6, 6.07) is 0. The van der Waals surface area contributed by atoms with Gasteiger partial charge in [0.15, 0.2) is 5.60 Å². The van der Waals surface area contributed by atoms with E-state index in [0.717, 1.165) is 19.5 Å². The molecule has 16 heavy (non-hydrogen) atoms. The van der Waals surface area contributed by atoms with E-state index < -0.39 is 0 Å². The van der Waals surface area contributed by atoms with E-state index in [-0.39, 0.29) is 5.60 Å². The molecule has 0 saturated carbocycles. The smallest absolute Gasteiger partial charge is 0.181 e. The Hall–Kier alpha value is -0.760. The Morgan fingerprint density at radius 3 is 2.94 bits per heavy atom. The summed E-state index contributed by atoms with van der Waals surface area (Å²) in [5.41, 5.74) is 1.38. The predicted octanol–water partition coefficient (Wildman–Crippen LogP) is 3.11. The zero-order valence-electron chi connectivity index (χ0n) is 10.8. The average Bonchev–Trinajstić information content (AvgIpc) is 3.00. The van der Waals surface area contributed by atoms with Crippen molar-refractivity contribution >= 4 is 0 Å². The first kappa shape index (κ1) is 11.7. The van der Waals surface area contributed by atoms with Gasteiger partial charge in [-0.15, -0.1) is 0 Å². The fraction of sp³-hybridized carbons (Fsp3) is 0.714. The number of ether oxygens (including phenoxy) is 1. The van der Waals surface area contributed by atoms with E-state index >= 15 is 0 Å². The third-order valence-corrected chi connectivity index (χ3v) is 3.60. The quantitative estimate of drug-likeness (QED) is 0.640. The molecule has 1 aliphatic heterocycles. The molecule has 1 saturated heterocycles. The highest BCUT2D eigenvalue weighted by molar-refractivity contribution is 5.41. The molecule has 0 spiro atoms. The lowest BCUT2D eigenvalue weighted by atomic mass is 9.96. The van der Waals surface area contributed by atoms with Gasteiger partial charge in [-0.2, -0.15) is 0 Å². The number of epoxide rings is 1. The molecule has 0 radical (unpaired) electrons. The maximum atomic E-state index is 5.87. The van der Waals surface area contributed by atoms with Crippen molar-refractivity contribution in [2.45, 2.75) is 45.6 Å². The highest BCUT2D eigenvalue weighted by Gasteiger charge is 2.54. The maximum absolute atomic E-state index is 5.87. The SMILES string of the molecule is CCCCN(CC)CC12CC=CC(C)=C1O2. The van der Waals surface area contributed by atoms with Gasteiger partial charge in [0.2, 0.25) is 0 Å². The fourth-order valence-electron chi connectivity index (χ4n) is 2.51. The zero-order valence-corrected chi connectivity index (χ0v) is 10.8. The Morgan fingerprint density at radius 1 is 1.44 bits per heavy atom. The number of likely N-dealkylation sites (N-methyl/N-ethyl adjacent to an activating group) is 1. The summed E-state index contributed by atoms with van der Waals surface area (Å²) in [4.78, 5) is 2.52. The normalized spacial score (nSPS) is 27.0. The van der Waals surface area contributed by atoms with Gasteiger partial charge >= 0.3 is 0 Å². The Bertz CT molecular complexity index is 319. The van der Waals surface area contributed by atoms with Gasteiger partial charge in [0, 0.05) is 13.0 Å². The lowest BCUT2D eigenvalue weighted by Gasteiger charge is -2.23. The third kappa shape index (κ3) is 2.17. The predicted molar refractivity (Wildman–Crippen MR) is 67.3 cm³/mol. The highest BCUT2D eigenvalue weighted by Crippen LogP contribution is 2.49. The number of rotatable bonds is 6. The second-order valence-corrected chi connectivity index (χ2v) is 4.94. The lowest BCUT2D eigenvalue weighted by molar-refractivity contribution is 0.191. The Labute approximate surface area is 99.0 Å². The summed E-state index contributed by atoms with van der Waals surface area (Å²) >= 11 is 0. The number of allylic oxidation sites excluding steroid dienone is 2. The highest BCUT2D eigenvalue weighted by atomic mass is 16.6. The minimum absolute atomic E-state index is 0.0581. The minimum atomic E-state index is 0.0581. The van der Waals surface area contributed by atoms with Crippen molar-refractivity contribution in [2.75, 3.05) is 19.6 Å². The molecule has 2 rings (SSSR count). The Balaban J connectivity index is 1.93. The molecule has 0 amide bonds. The molecule has 0 bridgehead atoms. The van der Waals surface area contributed by atoms with Crippen LogP contribution in [0.25, 0.3) is 0 Å². The molecular weight excluding hydrogens is 198 g/mol. The van der Waals surface area contributed by atoms with Crippen molar-refractivity contribution in [3.8, 4) is 0 Å². The number of hydrogen-bond acceptors (Lipinski definition) is 2. The van der Waals surface area contributed by atoms with E-state index in [1.807, 2.05) is 0 Å². The largest absolute Gasteiger partial charge is 0.477 e. The van der Waals surface area contributed by atoms with Crippen LogP contribution >= 0.6 is 0 Å². The van der Waals surface area contributed by atoms with Crippen molar-refractivity contribution in [3.63, 3.8) is 0 Å². The molecule has 0 N–H and O–H groups in total. The molecule has 90 valence electrons. The third-order valence-electron chi connectivity index (χ3n) is 3.60. The lowest BCUT2D eigenvalue weighted by Crippen LogP contribution is -2.35. The molecule has 2 aliphatic rings. The molecular formula is C14H23NO. The number of hydrogen-bond donors (Lipinski definition) is 0. The summed E-state index contributed by atoms with van der Waals surface area (Å²) in [7, 11) is 0. The van der Waals surface area contributed by atoms with Crippen molar-refractivity contribution in [3.05, 3.63) is 23.5 Å². The van der Waals surface area contributed by atoms with E-state index in [1.165, 1.54) is 30.7 Å². The van der Waals surface area contributed by atoms with Crippen LogP contribution in [0.2, 0.25) is 0 Å². The van der Waals surface area contributed by atoms with Crippen LogP contribution in [0.5, 0.6) is 0 Å². The first-order valence-corrected chi connectivity index (χ1v) is 6.51. The van der Waals surface area contributed by atoms with Gasteiger partial charge in [-0.25, -0.2) is 0 Å². The molecule has 1 unspecified atom stereocenters. The van der Waals surface area contributed by atoms with Crippen molar-refractivity contribution in [1.82, 2.24) is 4.90 Å². The first-order chi connectivity index (χ1) is 7.72. The average molecular weight is 221 g/mol. The van der Waals surface area contributed by atoms with Gasteiger partial charge in [-0.1, -0.05) is 32.4 Å².